The van der Waals surface area contributed by atoms with Gasteiger partial charge in [0, 0.05) is 62.9 Å². The maximum atomic E-state index is 5.90. The Morgan fingerprint density at radius 1 is 0.941 bits per heavy atom. The minimum atomic E-state index is 0.329. The maximum Gasteiger partial charge on any atom is 0.213 e. The molecular formula is C26H28N6O2. The Balaban J connectivity index is 1.25. The smallest absolute Gasteiger partial charge is 0.213 e. The zero-order valence-corrected chi connectivity index (χ0v) is 19.1. The molecule has 2 aliphatic rings. The van der Waals surface area contributed by atoms with Crippen LogP contribution >= 0.6 is 0 Å². The fourth-order valence-electron chi connectivity index (χ4n) is 4.36. The highest BCUT2D eigenvalue weighted by Gasteiger charge is 2.20. The van der Waals surface area contributed by atoms with E-state index in [0.29, 0.717) is 18.4 Å². The van der Waals surface area contributed by atoms with Crippen molar-refractivity contribution >= 4 is 11.5 Å². The summed E-state index contributed by atoms with van der Waals surface area (Å²) in [7, 11) is 0. The number of aromatic nitrogens is 5. The fraction of sp³-hybridized carbons (Fsp3) is 0.385. The largest absolute Gasteiger partial charge is 0.474 e. The number of hydrogen-bond donors (Lipinski definition) is 0. The minimum absolute atomic E-state index is 0.329. The van der Waals surface area contributed by atoms with E-state index in [1.165, 1.54) is 12.0 Å². The highest BCUT2D eigenvalue weighted by Crippen LogP contribution is 2.24. The van der Waals surface area contributed by atoms with Crippen LogP contribution in [0.2, 0.25) is 0 Å². The summed E-state index contributed by atoms with van der Waals surface area (Å²) >= 11 is 0. The summed E-state index contributed by atoms with van der Waals surface area (Å²) in [6, 6.07) is 10.4. The molecule has 174 valence electrons. The molecule has 4 aromatic heterocycles. The van der Waals surface area contributed by atoms with Crippen molar-refractivity contribution in [2.75, 3.05) is 31.2 Å². The van der Waals surface area contributed by atoms with Crippen LogP contribution in [0.4, 0.5) is 5.82 Å². The zero-order chi connectivity index (χ0) is 22.7. The van der Waals surface area contributed by atoms with E-state index in [1.807, 2.05) is 35.3 Å². The summed E-state index contributed by atoms with van der Waals surface area (Å²) in [6.45, 7) is 3.12. The topological polar surface area (TPSA) is 77.7 Å². The number of pyridine rings is 2. The number of anilines is 1. The van der Waals surface area contributed by atoms with Gasteiger partial charge in [0.25, 0.3) is 0 Å². The molecule has 0 unspecified atom stereocenters. The van der Waals surface area contributed by atoms with Crippen LogP contribution in [0, 0.1) is 0 Å². The highest BCUT2D eigenvalue weighted by atomic mass is 16.5. The molecule has 0 amide bonds. The molecule has 1 saturated heterocycles. The monoisotopic (exact) mass is 456 g/mol. The van der Waals surface area contributed by atoms with E-state index in [2.05, 4.69) is 39.1 Å². The van der Waals surface area contributed by atoms with E-state index in [-0.39, 0.29) is 0 Å². The van der Waals surface area contributed by atoms with Crippen LogP contribution in [-0.4, -0.2) is 56.7 Å². The number of rotatable bonds is 7. The molecule has 2 fully saturated rings. The Morgan fingerprint density at radius 3 is 2.65 bits per heavy atom. The molecule has 0 bridgehead atoms. The first-order chi connectivity index (χ1) is 16.8. The average Bonchev–Trinajstić information content (AvgIpc) is 3.31. The number of nitrogens with zero attached hydrogens (tertiary/aromatic N) is 6. The molecular weight excluding hydrogens is 428 g/mol. The van der Waals surface area contributed by atoms with E-state index < -0.39 is 0 Å². The van der Waals surface area contributed by atoms with Crippen LogP contribution in [-0.2, 0) is 17.6 Å². The Bertz CT molecular complexity index is 1260. The van der Waals surface area contributed by atoms with Gasteiger partial charge < -0.3 is 18.8 Å². The molecule has 5 heterocycles. The van der Waals surface area contributed by atoms with Crippen molar-refractivity contribution in [1.29, 1.82) is 0 Å². The second-order valence-electron chi connectivity index (χ2n) is 8.99. The highest BCUT2D eigenvalue weighted by molar-refractivity contribution is 5.45. The molecule has 0 N–H and O–H groups in total. The Kier molecular flexibility index (Phi) is 5.81. The van der Waals surface area contributed by atoms with Gasteiger partial charge >= 0.3 is 0 Å². The molecule has 0 aromatic carbocycles. The van der Waals surface area contributed by atoms with Gasteiger partial charge in [0.2, 0.25) is 5.88 Å². The lowest BCUT2D eigenvalue weighted by Gasteiger charge is -2.28. The molecule has 8 nitrogen and oxygen atoms in total. The summed E-state index contributed by atoms with van der Waals surface area (Å²) in [4.78, 5) is 21.0. The van der Waals surface area contributed by atoms with Gasteiger partial charge in [0.05, 0.1) is 18.9 Å². The number of imidazole rings is 1. The predicted molar refractivity (Wildman–Crippen MR) is 128 cm³/mol. The number of fused-ring (bicyclic) bond motifs is 1. The third-order valence-corrected chi connectivity index (χ3v) is 6.49. The van der Waals surface area contributed by atoms with Crippen molar-refractivity contribution in [2.24, 2.45) is 0 Å². The number of ether oxygens (including phenoxy) is 2. The van der Waals surface area contributed by atoms with Crippen LogP contribution in [0.1, 0.15) is 41.9 Å². The minimum Gasteiger partial charge on any atom is -0.474 e. The van der Waals surface area contributed by atoms with Gasteiger partial charge in [-0.3, -0.25) is 0 Å². The molecule has 0 atom stereocenters. The molecule has 34 heavy (non-hydrogen) atoms. The van der Waals surface area contributed by atoms with Gasteiger partial charge in [-0.2, -0.15) is 0 Å². The first-order valence-corrected chi connectivity index (χ1v) is 12.0. The van der Waals surface area contributed by atoms with E-state index in [1.54, 1.807) is 0 Å². The van der Waals surface area contributed by atoms with Crippen LogP contribution in [0.25, 0.3) is 5.65 Å². The zero-order valence-electron chi connectivity index (χ0n) is 19.1. The molecule has 6 rings (SSSR count). The molecule has 1 saturated carbocycles. The van der Waals surface area contributed by atoms with Crippen LogP contribution < -0.4 is 9.64 Å². The third kappa shape index (κ3) is 4.72. The summed E-state index contributed by atoms with van der Waals surface area (Å²) in [5.41, 5.74) is 4.19. The molecule has 1 aliphatic carbocycles. The van der Waals surface area contributed by atoms with Gasteiger partial charge in [-0.1, -0.05) is 6.07 Å². The summed E-state index contributed by atoms with van der Waals surface area (Å²) in [6.07, 6.45) is 12.9. The van der Waals surface area contributed by atoms with Crippen molar-refractivity contribution in [3.05, 3.63) is 77.8 Å². The average molecular weight is 457 g/mol. The molecule has 8 heteroatoms. The van der Waals surface area contributed by atoms with Gasteiger partial charge in [0.1, 0.15) is 23.4 Å². The van der Waals surface area contributed by atoms with E-state index in [0.717, 1.165) is 74.1 Å². The summed E-state index contributed by atoms with van der Waals surface area (Å²) in [5.74, 6) is 2.46. The van der Waals surface area contributed by atoms with Crippen molar-refractivity contribution in [1.82, 2.24) is 24.3 Å². The maximum absolute atomic E-state index is 5.90. The van der Waals surface area contributed by atoms with E-state index in [9.17, 15) is 0 Å². The Labute approximate surface area is 198 Å². The van der Waals surface area contributed by atoms with Gasteiger partial charge in [-0.05, 0) is 42.5 Å². The van der Waals surface area contributed by atoms with Crippen LogP contribution in [0.3, 0.4) is 0 Å². The molecule has 0 radical (unpaired) electrons. The lowest BCUT2D eigenvalue weighted by atomic mass is 9.96. The third-order valence-electron chi connectivity index (χ3n) is 6.49. The Morgan fingerprint density at radius 2 is 1.85 bits per heavy atom. The van der Waals surface area contributed by atoms with Gasteiger partial charge in [0.15, 0.2) is 0 Å². The number of hydrogen-bond acceptors (Lipinski definition) is 7. The first kappa shape index (κ1) is 21.0. The van der Waals surface area contributed by atoms with Crippen LogP contribution in [0.5, 0.6) is 5.88 Å². The van der Waals surface area contributed by atoms with Gasteiger partial charge in [-0.25, -0.2) is 19.9 Å². The normalized spacial score (nSPS) is 16.5. The first-order valence-electron chi connectivity index (χ1n) is 12.0. The van der Waals surface area contributed by atoms with Crippen molar-refractivity contribution < 1.29 is 9.47 Å². The van der Waals surface area contributed by atoms with Gasteiger partial charge in [-0.15, -0.1) is 0 Å². The molecule has 0 spiro atoms. The lowest BCUT2D eigenvalue weighted by Crippen LogP contribution is -2.37. The van der Waals surface area contributed by atoms with E-state index >= 15 is 0 Å². The second-order valence-corrected chi connectivity index (χ2v) is 8.99. The van der Waals surface area contributed by atoms with Crippen molar-refractivity contribution in [2.45, 2.75) is 38.2 Å². The fourth-order valence-corrected chi connectivity index (χ4v) is 4.36. The molecule has 4 aromatic rings. The second kappa shape index (κ2) is 9.38. The quantitative estimate of drug-likeness (QED) is 0.421. The SMILES string of the molecule is c1cn2ccc(Cc3cc(N4CCOCC4)nc(Cc4ccc(OC5CCC5)nc4)n3)cc2n1. The predicted octanol–water partition coefficient (Wildman–Crippen LogP) is 3.47. The van der Waals surface area contributed by atoms with Crippen molar-refractivity contribution in [3.63, 3.8) is 0 Å². The lowest BCUT2D eigenvalue weighted by molar-refractivity contribution is 0.114. The van der Waals surface area contributed by atoms with Crippen molar-refractivity contribution in [3.8, 4) is 5.88 Å². The molecule has 1 aliphatic heterocycles. The standard InChI is InChI=1S/C26H28N6O2/c1-2-22(3-1)34-26-5-4-20(18-28-26)15-23-29-21(17-25(30-23)32-10-12-33-13-11-32)14-19-6-8-31-9-7-27-24(31)16-19/h4-9,16-18,22H,1-3,10-15H2. The summed E-state index contributed by atoms with van der Waals surface area (Å²) in [5, 5.41) is 0. The van der Waals surface area contributed by atoms with E-state index in [4.69, 9.17) is 19.4 Å². The van der Waals surface area contributed by atoms with Crippen LogP contribution in [0.15, 0.2) is 55.1 Å². The Hall–Kier alpha value is -3.52. The summed E-state index contributed by atoms with van der Waals surface area (Å²) < 4.78 is 13.5. The number of morpholine rings is 1.